The Morgan fingerprint density at radius 2 is 1.89 bits per heavy atom. The molecule has 100 valence electrons. The highest BCUT2D eigenvalue weighted by molar-refractivity contribution is 5.81. The SMILES string of the molecule is Cc1cccc(NCC(=O)NC(C)C(C)C)c1C. The summed E-state index contributed by atoms with van der Waals surface area (Å²) >= 11 is 0. The van der Waals surface area contributed by atoms with Gasteiger partial charge in [0.25, 0.3) is 0 Å². The molecule has 0 aliphatic carbocycles. The molecule has 2 N–H and O–H groups in total. The Hall–Kier alpha value is -1.51. The van der Waals surface area contributed by atoms with E-state index in [0.717, 1.165) is 5.69 Å². The predicted octanol–water partition coefficient (Wildman–Crippen LogP) is 2.88. The fourth-order valence-corrected chi connectivity index (χ4v) is 1.59. The molecule has 0 saturated carbocycles. The van der Waals surface area contributed by atoms with Crippen LogP contribution in [-0.4, -0.2) is 18.5 Å². The lowest BCUT2D eigenvalue weighted by atomic mass is 10.1. The zero-order chi connectivity index (χ0) is 13.7. The van der Waals surface area contributed by atoms with Crippen LogP contribution in [0.25, 0.3) is 0 Å². The van der Waals surface area contributed by atoms with Gasteiger partial charge in [0.05, 0.1) is 6.54 Å². The number of rotatable bonds is 5. The Labute approximate surface area is 110 Å². The highest BCUT2D eigenvalue weighted by atomic mass is 16.1. The van der Waals surface area contributed by atoms with E-state index in [1.807, 2.05) is 19.1 Å². The molecule has 3 nitrogen and oxygen atoms in total. The molecule has 1 atom stereocenters. The molecule has 1 rings (SSSR count). The number of carbonyl (C=O) groups is 1. The van der Waals surface area contributed by atoms with Gasteiger partial charge in [-0.05, 0) is 43.9 Å². The summed E-state index contributed by atoms with van der Waals surface area (Å²) in [4.78, 5) is 11.8. The molecule has 1 aromatic carbocycles. The van der Waals surface area contributed by atoms with Crippen LogP contribution in [0.15, 0.2) is 18.2 Å². The Bertz CT molecular complexity index is 413. The van der Waals surface area contributed by atoms with Crippen molar-refractivity contribution in [3.05, 3.63) is 29.3 Å². The van der Waals surface area contributed by atoms with Crippen molar-refractivity contribution >= 4 is 11.6 Å². The number of carbonyl (C=O) groups excluding carboxylic acids is 1. The molecular formula is C15H24N2O. The smallest absolute Gasteiger partial charge is 0.239 e. The summed E-state index contributed by atoms with van der Waals surface area (Å²) < 4.78 is 0. The van der Waals surface area contributed by atoms with Gasteiger partial charge in [0.2, 0.25) is 5.91 Å². The zero-order valence-electron chi connectivity index (χ0n) is 12.0. The summed E-state index contributed by atoms with van der Waals surface area (Å²) in [5.41, 5.74) is 3.46. The molecular weight excluding hydrogens is 224 g/mol. The summed E-state index contributed by atoms with van der Waals surface area (Å²) in [6, 6.07) is 6.28. The van der Waals surface area contributed by atoms with E-state index >= 15 is 0 Å². The zero-order valence-corrected chi connectivity index (χ0v) is 12.0. The summed E-state index contributed by atoms with van der Waals surface area (Å²) in [6.07, 6.45) is 0. The lowest BCUT2D eigenvalue weighted by molar-refractivity contribution is -0.120. The lowest BCUT2D eigenvalue weighted by Gasteiger charge is -2.18. The second kappa shape index (κ2) is 6.43. The maximum absolute atomic E-state index is 11.8. The molecule has 0 radical (unpaired) electrons. The first-order chi connectivity index (χ1) is 8.41. The van der Waals surface area contributed by atoms with Gasteiger partial charge in [-0.1, -0.05) is 26.0 Å². The number of nitrogens with one attached hydrogen (secondary N) is 2. The highest BCUT2D eigenvalue weighted by Gasteiger charge is 2.10. The monoisotopic (exact) mass is 248 g/mol. The fourth-order valence-electron chi connectivity index (χ4n) is 1.59. The highest BCUT2D eigenvalue weighted by Crippen LogP contribution is 2.17. The van der Waals surface area contributed by atoms with Gasteiger partial charge in [0, 0.05) is 11.7 Å². The largest absolute Gasteiger partial charge is 0.376 e. The first-order valence-electron chi connectivity index (χ1n) is 6.51. The molecule has 0 spiro atoms. The van der Waals surface area contributed by atoms with Crippen LogP contribution in [0.3, 0.4) is 0 Å². The van der Waals surface area contributed by atoms with E-state index in [1.165, 1.54) is 11.1 Å². The predicted molar refractivity (Wildman–Crippen MR) is 76.8 cm³/mol. The van der Waals surface area contributed by atoms with Crippen molar-refractivity contribution in [1.29, 1.82) is 0 Å². The number of amides is 1. The van der Waals surface area contributed by atoms with E-state index < -0.39 is 0 Å². The van der Waals surface area contributed by atoms with E-state index in [4.69, 9.17) is 0 Å². The van der Waals surface area contributed by atoms with Crippen LogP contribution < -0.4 is 10.6 Å². The lowest BCUT2D eigenvalue weighted by Crippen LogP contribution is -2.39. The van der Waals surface area contributed by atoms with E-state index in [0.29, 0.717) is 12.5 Å². The van der Waals surface area contributed by atoms with Gasteiger partial charge in [0.1, 0.15) is 0 Å². The van der Waals surface area contributed by atoms with Crippen LogP contribution in [0.1, 0.15) is 31.9 Å². The number of hydrogen-bond donors (Lipinski definition) is 2. The summed E-state index contributed by atoms with van der Waals surface area (Å²) in [5, 5.41) is 6.17. The number of anilines is 1. The minimum atomic E-state index is 0.0390. The summed E-state index contributed by atoms with van der Waals surface area (Å²) in [7, 11) is 0. The number of benzene rings is 1. The van der Waals surface area contributed by atoms with Gasteiger partial charge in [-0.3, -0.25) is 4.79 Å². The molecule has 0 fully saturated rings. The van der Waals surface area contributed by atoms with Crippen LogP contribution in [0.5, 0.6) is 0 Å². The average molecular weight is 248 g/mol. The van der Waals surface area contributed by atoms with Crippen LogP contribution >= 0.6 is 0 Å². The third-order valence-electron chi connectivity index (χ3n) is 3.43. The van der Waals surface area contributed by atoms with Gasteiger partial charge in [-0.15, -0.1) is 0 Å². The topological polar surface area (TPSA) is 41.1 Å². The molecule has 1 aromatic rings. The third kappa shape index (κ3) is 4.06. The van der Waals surface area contributed by atoms with Crippen molar-refractivity contribution in [2.24, 2.45) is 5.92 Å². The first-order valence-corrected chi connectivity index (χ1v) is 6.51. The van der Waals surface area contributed by atoms with Crippen molar-refractivity contribution < 1.29 is 4.79 Å². The third-order valence-corrected chi connectivity index (χ3v) is 3.43. The molecule has 1 unspecified atom stereocenters. The minimum absolute atomic E-state index is 0.0390. The summed E-state index contributed by atoms with van der Waals surface area (Å²) in [5.74, 6) is 0.492. The maximum atomic E-state index is 11.8. The normalized spacial score (nSPS) is 12.3. The van der Waals surface area contributed by atoms with E-state index in [-0.39, 0.29) is 11.9 Å². The molecule has 0 bridgehead atoms. The van der Waals surface area contributed by atoms with Gasteiger partial charge in [0.15, 0.2) is 0 Å². The van der Waals surface area contributed by atoms with Crippen molar-refractivity contribution in [3.63, 3.8) is 0 Å². The standard InChI is InChI=1S/C15H24N2O/c1-10(2)13(5)17-15(18)9-16-14-8-6-7-11(3)12(14)4/h6-8,10,13,16H,9H2,1-5H3,(H,17,18). The maximum Gasteiger partial charge on any atom is 0.239 e. The van der Waals surface area contributed by atoms with Crippen molar-refractivity contribution in [2.45, 2.75) is 40.7 Å². The van der Waals surface area contributed by atoms with Crippen molar-refractivity contribution in [2.75, 3.05) is 11.9 Å². The molecule has 0 aromatic heterocycles. The van der Waals surface area contributed by atoms with Crippen LogP contribution in [0, 0.1) is 19.8 Å². The first kappa shape index (κ1) is 14.6. The van der Waals surface area contributed by atoms with E-state index in [2.05, 4.69) is 44.4 Å². The number of aryl methyl sites for hydroxylation is 1. The Balaban J connectivity index is 2.50. The van der Waals surface area contributed by atoms with Crippen LogP contribution in [0.4, 0.5) is 5.69 Å². The molecule has 18 heavy (non-hydrogen) atoms. The Morgan fingerprint density at radius 3 is 2.50 bits per heavy atom. The molecule has 0 aliphatic heterocycles. The molecule has 1 amide bonds. The second-order valence-electron chi connectivity index (χ2n) is 5.20. The Kier molecular flexibility index (Phi) is 5.20. The summed E-state index contributed by atoms with van der Waals surface area (Å²) in [6.45, 7) is 10.7. The second-order valence-corrected chi connectivity index (χ2v) is 5.20. The van der Waals surface area contributed by atoms with E-state index in [9.17, 15) is 4.79 Å². The average Bonchev–Trinajstić information content (AvgIpc) is 2.31. The van der Waals surface area contributed by atoms with Crippen molar-refractivity contribution in [1.82, 2.24) is 5.32 Å². The Morgan fingerprint density at radius 1 is 1.22 bits per heavy atom. The fraction of sp³-hybridized carbons (Fsp3) is 0.533. The molecule has 0 aliphatic rings. The minimum Gasteiger partial charge on any atom is -0.376 e. The quantitative estimate of drug-likeness (QED) is 0.841. The van der Waals surface area contributed by atoms with Crippen LogP contribution in [-0.2, 0) is 4.79 Å². The van der Waals surface area contributed by atoms with Crippen LogP contribution in [0.2, 0.25) is 0 Å². The van der Waals surface area contributed by atoms with Crippen molar-refractivity contribution in [3.8, 4) is 0 Å². The van der Waals surface area contributed by atoms with E-state index in [1.54, 1.807) is 0 Å². The van der Waals surface area contributed by atoms with Gasteiger partial charge < -0.3 is 10.6 Å². The molecule has 0 heterocycles. The van der Waals surface area contributed by atoms with Gasteiger partial charge in [-0.2, -0.15) is 0 Å². The molecule has 0 saturated heterocycles. The van der Waals surface area contributed by atoms with Gasteiger partial charge in [-0.25, -0.2) is 0 Å². The molecule has 3 heteroatoms. The number of hydrogen-bond acceptors (Lipinski definition) is 2. The van der Waals surface area contributed by atoms with Gasteiger partial charge >= 0.3 is 0 Å².